The molecule has 0 atom stereocenters. The van der Waals surface area contributed by atoms with Gasteiger partial charge in [-0.15, -0.1) is 0 Å². The van der Waals surface area contributed by atoms with Gasteiger partial charge in [0.05, 0.1) is 0 Å². The van der Waals surface area contributed by atoms with Crippen molar-refractivity contribution in [1.82, 2.24) is 10.2 Å². The van der Waals surface area contributed by atoms with Crippen molar-refractivity contribution in [2.75, 3.05) is 31.6 Å². The molecule has 1 aliphatic heterocycles. The molecule has 4 nitrogen and oxygen atoms in total. The minimum atomic E-state index is -0.0525. The first-order chi connectivity index (χ1) is 12.6. The standard InChI is InChI=1S/C21H26ClN3O/c1-24(21(26)23-12-11-17-7-6-9-19(22)15-17)16-18-8-2-3-10-20(18)25-13-4-5-14-25/h2-3,6-10,15H,4-5,11-14,16H2,1H3,(H,23,26). The smallest absolute Gasteiger partial charge is 0.317 e. The number of hydrogen-bond acceptors (Lipinski definition) is 2. The molecular formula is C21H26ClN3O. The van der Waals surface area contributed by atoms with Gasteiger partial charge in [0, 0.05) is 43.9 Å². The summed E-state index contributed by atoms with van der Waals surface area (Å²) in [5.41, 5.74) is 3.57. The molecule has 26 heavy (non-hydrogen) atoms. The fourth-order valence-electron chi connectivity index (χ4n) is 3.38. The van der Waals surface area contributed by atoms with E-state index in [9.17, 15) is 4.79 Å². The topological polar surface area (TPSA) is 35.6 Å². The maximum Gasteiger partial charge on any atom is 0.317 e. The molecule has 0 unspecified atom stereocenters. The van der Waals surface area contributed by atoms with Gasteiger partial charge in [-0.2, -0.15) is 0 Å². The largest absolute Gasteiger partial charge is 0.371 e. The number of urea groups is 1. The van der Waals surface area contributed by atoms with Crippen LogP contribution in [-0.4, -0.2) is 37.6 Å². The number of amides is 2. The zero-order valence-electron chi connectivity index (χ0n) is 15.2. The van der Waals surface area contributed by atoms with E-state index < -0.39 is 0 Å². The van der Waals surface area contributed by atoms with Gasteiger partial charge in [0.25, 0.3) is 0 Å². The summed E-state index contributed by atoms with van der Waals surface area (Å²) in [6.45, 7) is 3.41. The molecule has 3 rings (SSSR count). The Kier molecular flexibility index (Phi) is 6.40. The predicted molar refractivity (Wildman–Crippen MR) is 108 cm³/mol. The van der Waals surface area contributed by atoms with E-state index in [4.69, 9.17) is 11.6 Å². The van der Waals surface area contributed by atoms with Crippen molar-refractivity contribution in [3.8, 4) is 0 Å². The molecule has 0 saturated carbocycles. The van der Waals surface area contributed by atoms with E-state index in [-0.39, 0.29) is 6.03 Å². The Labute approximate surface area is 160 Å². The van der Waals surface area contributed by atoms with Gasteiger partial charge >= 0.3 is 6.03 Å². The molecule has 5 heteroatoms. The Bertz CT molecular complexity index is 744. The molecule has 0 radical (unpaired) electrons. The number of carbonyl (C=O) groups is 1. The summed E-state index contributed by atoms with van der Waals surface area (Å²) in [6.07, 6.45) is 3.26. The second-order valence-corrected chi connectivity index (χ2v) is 7.23. The van der Waals surface area contributed by atoms with E-state index in [1.54, 1.807) is 4.90 Å². The first kappa shape index (κ1) is 18.6. The van der Waals surface area contributed by atoms with Crippen LogP contribution in [0.2, 0.25) is 5.02 Å². The third kappa shape index (κ3) is 4.92. The van der Waals surface area contributed by atoms with Crippen LogP contribution in [0.4, 0.5) is 10.5 Å². The van der Waals surface area contributed by atoms with Crippen molar-refractivity contribution in [2.45, 2.75) is 25.8 Å². The summed E-state index contributed by atoms with van der Waals surface area (Å²) in [4.78, 5) is 16.6. The van der Waals surface area contributed by atoms with Crippen LogP contribution >= 0.6 is 11.6 Å². The van der Waals surface area contributed by atoms with Gasteiger partial charge in [-0.25, -0.2) is 4.79 Å². The number of nitrogens with one attached hydrogen (secondary N) is 1. The van der Waals surface area contributed by atoms with E-state index in [0.29, 0.717) is 13.1 Å². The summed E-state index contributed by atoms with van der Waals surface area (Å²) >= 11 is 6.00. The van der Waals surface area contributed by atoms with Crippen molar-refractivity contribution in [1.29, 1.82) is 0 Å². The van der Waals surface area contributed by atoms with Crippen LogP contribution in [0.15, 0.2) is 48.5 Å². The Balaban J connectivity index is 1.53. The third-order valence-corrected chi connectivity index (χ3v) is 5.01. The monoisotopic (exact) mass is 371 g/mol. The minimum Gasteiger partial charge on any atom is -0.371 e. The fourth-order valence-corrected chi connectivity index (χ4v) is 3.59. The number of halogens is 1. The van der Waals surface area contributed by atoms with Gasteiger partial charge < -0.3 is 15.1 Å². The van der Waals surface area contributed by atoms with E-state index in [1.807, 2.05) is 37.4 Å². The lowest BCUT2D eigenvalue weighted by atomic mass is 10.1. The van der Waals surface area contributed by atoms with Crippen LogP contribution in [0, 0.1) is 0 Å². The third-order valence-electron chi connectivity index (χ3n) is 4.77. The summed E-state index contributed by atoms with van der Waals surface area (Å²) in [5.74, 6) is 0. The van der Waals surface area contributed by atoms with Crippen LogP contribution in [0.25, 0.3) is 0 Å². The normalized spacial score (nSPS) is 13.7. The number of anilines is 1. The van der Waals surface area contributed by atoms with Gasteiger partial charge in [0.2, 0.25) is 0 Å². The molecule has 2 amide bonds. The number of para-hydroxylation sites is 1. The van der Waals surface area contributed by atoms with Gasteiger partial charge in [-0.1, -0.05) is 41.9 Å². The quantitative estimate of drug-likeness (QED) is 0.820. The van der Waals surface area contributed by atoms with E-state index in [0.717, 1.165) is 30.1 Å². The molecule has 1 heterocycles. The van der Waals surface area contributed by atoms with E-state index in [2.05, 4.69) is 28.4 Å². The number of hydrogen-bond donors (Lipinski definition) is 1. The van der Waals surface area contributed by atoms with Crippen molar-refractivity contribution in [2.24, 2.45) is 0 Å². The van der Waals surface area contributed by atoms with Crippen molar-refractivity contribution in [3.05, 3.63) is 64.7 Å². The Morgan fingerprint density at radius 2 is 1.92 bits per heavy atom. The molecule has 0 spiro atoms. The van der Waals surface area contributed by atoms with Gasteiger partial charge in [0.1, 0.15) is 0 Å². The molecule has 1 N–H and O–H groups in total. The zero-order chi connectivity index (χ0) is 18.4. The summed E-state index contributed by atoms with van der Waals surface area (Å²) in [6, 6.07) is 16.1. The number of carbonyl (C=O) groups excluding carboxylic acids is 1. The lowest BCUT2D eigenvalue weighted by Crippen LogP contribution is -2.38. The molecule has 0 aromatic heterocycles. The highest BCUT2D eigenvalue weighted by Gasteiger charge is 2.17. The molecule has 1 fully saturated rings. The first-order valence-electron chi connectivity index (χ1n) is 9.20. The van der Waals surface area contributed by atoms with E-state index in [1.165, 1.54) is 24.1 Å². The Morgan fingerprint density at radius 1 is 1.15 bits per heavy atom. The van der Waals surface area contributed by atoms with Crippen molar-refractivity contribution >= 4 is 23.3 Å². The second-order valence-electron chi connectivity index (χ2n) is 6.79. The molecule has 2 aromatic carbocycles. The maximum atomic E-state index is 12.4. The highest BCUT2D eigenvalue weighted by molar-refractivity contribution is 6.30. The zero-order valence-corrected chi connectivity index (χ0v) is 16.0. The van der Waals surface area contributed by atoms with Crippen LogP contribution in [0.1, 0.15) is 24.0 Å². The first-order valence-corrected chi connectivity index (χ1v) is 9.57. The van der Waals surface area contributed by atoms with Crippen molar-refractivity contribution < 1.29 is 4.79 Å². The van der Waals surface area contributed by atoms with Crippen LogP contribution in [-0.2, 0) is 13.0 Å². The van der Waals surface area contributed by atoms with Gasteiger partial charge in [-0.05, 0) is 48.6 Å². The summed E-state index contributed by atoms with van der Waals surface area (Å²) < 4.78 is 0. The second kappa shape index (κ2) is 8.95. The number of benzene rings is 2. The fraction of sp³-hybridized carbons (Fsp3) is 0.381. The van der Waals surface area contributed by atoms with Crippen LogP contribution < -0.4 is 10.2 Å². The number of nitrogens with zero attached hydrogens (tertiary/aromatic N) is 2. The summed E-state index contributed by atoms with van der Waals surface area (Å²) in [5, 5.41) is 3.72. The highest BCUT2D eigenvalue weighted by Crippen LogP contribution is 2.25. The molecular weight excluding hydrogens is 346 g/mol. The van der Waals surface area contributed by atoms with Crippen LogP contribution in [0.5, 0.6) is 0 Å². The highest BCUT2D eigenvalue weighted by atomic mass is 35.5. The molecule has 2 aromatic rings. The molecule has 1 aliphatic rings. The van der Waals surface area contributed by atoms with E-state index >= 15 is 0 Å². The molecule has 138 valence electrons. The van der Waals surface area contributed by atoms with Crippen molar-refractivity contribution in [3.63, 3.8) is 0 Å². The maximum absolute atomic E-state index is 12.4. The molecule has 1 saturated heterocycles. The molecule has 0 aliphatic carbocycles. The average Bonchev–Trinajstić information content (AvgIpc) is 3.16. The number of rotatable bonds is 6. The Morgan fingerprint density at radius 3 is 2.69 bits per heavy atom. The minimum absolute atomic E-state index is 0.0525. The lowest BCUT2D eigenvalue weighted by molar-refractivity contribution is 0.207. The van der Waals surface area contributed by atoms with Crippen LogP contribution in [0.3, 0.4) is 0 Å². The van der Waals surface area contributed by atoms with Gasteiger partial charge in [0.15, 0.2) is 0 Å². The Hall–Kier alpha value is -2.20. The summed E-state index contributed by atoms with van der Waals surface area (Å²) in [7, 11) is 1.84. The van der Waals surface area contributed by atoms with Gasteiger partial charge in [-0.3, -0.25) is 0 Å². The predicted octanol–water partition coefficient (Wildman–Crippen LogP) is 4.32. The SMILES string of the molecule is CN(Cc1ccccc1N1CCCC1)C(=O)NCCc1cccc(Cl)c1. The lowest BCUT2D eigenvalue weighted by Gasteiger charge is -2.24. The average molecular weight is 372 g/mol. The molecule has 0 bridgehead atoms.